The highest BCUT2D eigenvalue weighted by molar-refractivity contribution is 8.01. The van der Waals surface area contributed by atoms with Gasteiger partial charge >= 0.3 is 6.03 Å². The van der Waals surface area contributed by atoms with Crippen molar-refractivity contribution in [1.82, 2.24) is 20.5 Å². The molecule has 3 aromatic rings. The molecule has 2 unspecified atom stereocenters. The quantitative estimate of drug-likeness (QED) is 0.398. The zero-order valence-electron chi connectivity index (χ0n) is 22.9. The maximum atomic E-state index is 13.5. The molecule has 13 heteroatoms. The number of urea groups is 1. The normalized spacial score (nSPS) is 19.5. The van der Waals surface area contributed by atoms with E-state index in [2.05, 4.69) is 15.6 Å². The molecule has 11 nitrogen and oxygen atoms in total. The molecule has 3 aliphatic rings. The summed E-state index contributed by atoms with van der Waals surface area (Å²) in [6.45, 7) is 2.54. The van der Waals surface area contributed by atoms with E-state index in [0.29, 0.717) is 41.0 Å². The zero-order valence-corrected chi connectivity index (χ0v) is 24.6. The van der Waals surface area contributed by atoms with Gasteiger partial charge in [-0.1, -0.05) is 30.0 Å². The molecule has 6 rings (SSSR count). The lowest BCUT2D eigenvalue weighted by Gasteiger charge is -2.40. The Morgan fingerprint density at radius 2 is 1.86 bits per heavy atom. The molecule has 1 aromatic heterocycles. The summed E-state index contributed by atoms with van der Waals surface area (Å²) in [5.41, 5.74) is 2.98. The summed E-state index contributed by atoms with van der Waals surface area (Å²) in [5, 5.41) is 6.04. The Kier molecular flexibility index (Phi) is 7.31. The van der Waals surface area contributed by atoms with Gasteiger partial charge in [0.25, 0.3) is 0 Å². The number of nitrogens with one attached hydrogen (secondary N) is 2. The van der Waals surface area contributed by atoms with Gasteiger partial charge in [0.1, 0.15) is 31.6 Å². The molecule has 0 bridgehead atoms. The van der Waals surface area contributed by atoms with Crippen molar-refractivity contribution in [1.29, 1.82) is 0 Å². The lowest BCUT2D eigenvalue weighted by molar-refractivity contribution is -0.137. The van der Waals surface area contributed by atoms with E-state index in [9.17, 15) is 22.8 Å². The number of sulfone groups is 1. The molecule has 0 radical (unpaired) electrons. The smallest absolute Gasteiger partial charge is 0.327 e. The van der Waals surface area contributed by atoms with Gasteiger partial charge in [0.15, 0.2) is 0 Å². The maximum Gasteiger partial charge on any atom is 0.327 e. The molecule has 1 fully saturated rings. The number of thioether (sulfide) groups is 1. The van der Waals surface area contributed by atoms with Crippen molar-refractivity contribution < 1.29 is 27.5 Å². The van der Waals surface area contributed by atoms with Crippen molar-refractivity contribution in [2.24, 2.45) is 0 Å². The van der Waals surface area contributed by atoms with Gasteiger partial charge in [0, 0.05) is 37.5 Å². The summed E-state index contributed by atoms with van der Waals surface area (Å²) in [5.74, 6) is 0.655. The molecule has 2 aromatic carbocycles. The van der Waals surface area contributed by atoms with E-state index in [1.165, 1.54) is 16.7 Å². The van der Waals surface area contributed by atoms with E-state index in [1.807, 2.05) is 55.5 Å². The van der Waals surface area contributed by atoms with E-state index in [1.54, 1.807) is 17.2 Å². The largest absolute Gasteiger partial charge is 0.457 e. The van der Waals surface area contributed by atoms with Crippen LogP contribution in [0, 0.1) is 6.92 Å². The first-order chi connectivity index (χ1) is 20.1. The first-order valence-corrected chi connectivity index (χ1v) is 16.4. The number of aromatic nitrogens is 1. The molecule has 3 aliphatic heterocycles. The van der Waals surface area contributed by atoms with Crippen LogP contribution in [0.25, 0.3) is 0 Å². The number of carbonyl (C=O) groups is 3. The number of hydrogen-bond donors (Lipinski definition) is 2. The number of amides is 4. The standard InChI is InChI=1S/C29H29N5O6S2/c1-17-14-20(40-19-6-4-3-5-7-19)8-9-21(17)34-22-10-12-30-28-24(22)25(32-29(34)37)26(41-28)27(36)31-18-15-33(16-18)23(35)11-13-42(2,38)39/h3-10,12,14,18,25-26H,11,13,15-16H2,1-2H3,(H,31,36)(H,32,37). The van der Waals surface area contributed by atoms with Gasteiger partial charge < -0.3 is 20.3 Å². The topological polar surface area (TPSA) is 138 Å². The Morgan fingerprint density at radius 1 is 1.10 bits per heavy atom. The molecule has 4 amide bonds. The summed E-state index contributed by atoms with van der Waals surface area (Å²) >= 11 is 1.30. The van der Waals surface area contributed by atoms with E-state index >= 15 is 0 Å². The van der Waals surface area contributed by atoms with Crippen molar-refractivity contribution in [2.45, 2.75) is 35.7 Å². The monoisotopic (exact) mass is 607 g/mol. The summed E-state index contributed by atoms with van der Waals surface area (Å²) in [6, 6.07) is 15.6. The van der Waals surface area contributed by atoms with Crippen LogP contribution in [0.1, 0.15) is 23.6 Å². The number of nitrogens with zero attached hydrogens (tertiary/aromatic N) is 3. The van der Waals surface area contributed by atoms with E-state index in [0.717, 1.165) is 17.4 Å². The van der Waals surface area contributed by atoms with E-state index in [-0.39, 0.29) is 36.1 Å². The van der Waals surface area contributed by atoms with Crippen molar-refractivity contribution in [3.8, 4) is 11.5 Å². The van der Waals surface area contributed by atoms with Crippen LogP contribution < -0.4 is 20.3 Å². The number of anilines is 2. The van der Waals surface area contributed by atoms with Gasteiger partial charge in [-0.25, -0.2) is 18.2 Å². The Balaban J connectivity index is 1.15. The molecular weight excluding hydrogens is 578 g/mol. The van der Waals surface area contributed by atoms with Crippen LogP contribution in [-0.2, 0) is 19.4 Å². The van der Waals surface area contributed by atoms with Gasteiger partial charge in [-0.2, -0.15) is 0 Å². The van der Waals surface area contributed by atoms with Gasteiger partial charge in [-0.3, -0.25) is 14.5 Å². The number of rotatable bonds is 8. The molecule has 218 valence electrons. The molecule has 0 spiro atoms. The van der Waals surface area contributed by atoms with Gasteiger partial charge in [-0.15, -0.1) is 0 Å². The maximum absolute atomic E-state index is 13.5. The van der Waals surface area contributed by atoms with Gasteiger partial charge in [0.05, 0.1) is 29.2 Å². The van der Waals surface area contributed by atoms with Crippen molar-refractivity contribution in [3.63, 3.8) is 0 Å². The molecular formula is C29H29N5O6S2. The highest BCUT2D eigenvalue weighted by Crippen LogP contribution is 2.51. The van der Waals surface area contributed by atoms with Crippen LogP contribution in [0.15, 0.2) is 65.8 Å². The minimum absolute atomic E-state index is 0.0748. The van der Waals surface area contributed by atoms with E-state index < -0.39 is 21.1 Å². The van der Waals surface area contributed by atoms with Crippen LogP contribution in [0.2, 0.25) is 0 Å². The number of carbonyl (C=O) groups excluding carboxylic acids is 3. The second-order valence-corrected chi connectivity index (χ2v) is 14.0. The van der Waals surface area contributed by atoms with Crippen molar-refractivity contribution in [3.05, 3.63) is 71.9 Å². The van der Waals surface area contributed by atoms with Gasteiger partial charge in [0.2, 0.25) is 11.8 Å². The predicted octanol–water partition coefficient (Wildman–Crippen LogP) is 3.32. The molecule has 0 aliphatic carbocycles. The fourth-order valence-corrected chi connectivity index (χ4v) is 7.10. The fraction of sp³-hybridized carbons (Fsp3) is 0.310. The molecule has 42 heavy (non-hydrogen) atoms. The highest BCUT2D eigenvalue weighted by atomic mass is 32.2. The van der Waals surface area contributed by atoms with Crippen LogP contribution in [0.4, 0.5) is 16.2 Å². The first kappa shape index (κ1) is 28.0. The number of ether oxygens (including phenoxy) is 1. The second-order valence-electron chi connectivity index (χ2n) is 10.6. The minimum atomic E-state index is -3.23. The van der Waals surface area contributed by atoms with Crippen molar-refractivity contribution >= 4 is 50.8 Å². The fourth-order valence-electron chi connectivity index (χ4n) is 5.32. The molecule has 4 heterocycles. The average Bonchev–Trinajstić information content (AvgIpc) is 3.29. The Morgan fingerprint density at radius 3 is 2.57 bits per heavy atom. The molecule has 1 saturated heterocycles. The Labute approximate surface area is 247 Å². The Bertz CT molecular complexity index is 1680. The third-order valence-corrected chi connectivity index (χ3v) is 9.65. The summed E-state index contributed by atoms with van der Waals surface area (Å²) < 4.78 is 28.6. The van der Waals surface area contributed by atoms with Crippen molar-refractivity contribution in [2.75, 3.05) is 30.0 Å². The minimum Gasteiger partial charge on any atom is -0.457 e. The third-order valence-electron chi connectivity index (χ3n) is 7.42. The summed E-state index contributed by atoms with van der Waals surface area (Å²) in [4.78, 5) is 46.7. The zero-order chi connectivity index (χ0) is 29.6. The summed E-state index contributed by atoms with van der Waals surface area (Å²) in [7, 11) is -3.23. The molecule has 2 N–H and O–H groups in total. The molecule has 2 atom stereocenters. The number of aryl methyl sites for hydroxylation is 1. The average molecular weight is 608 g/mol. The lowest BCUT2D eigenvalue weighted by Crippen LogP contribution is -2.62. The first-order valence-electron chi connectivity index (χ1n) is 13.4. The van der Waals surface area contributed by atoms with Crippen LogP contribution >= 0.6 is 11.8 Å². The number of para-hydroxylation sites is 1. The van der Waals surface area contributed by atoms with Crippen LogP contribution in [0.3, 0.4) is 0 Å². The SMILES string of the molecule is Cc1cc(Oc2ccccc2)ccc1N1C(=O)NC2c3c1ccnc3SC2C(=O)NC1CN(C(=O)CCS(C)(=O)=O)C1. The number of benzene rings is 2. The van der Waals surface area contributed by atoms with Crippen LogP contribution in [0.5, 0.6) is 11.5 Å². The van der Waals surface area contributed by atoms with Crippen LogP contribution in [-0.4, -0.2) is 72.5 Å². The highest BCUT2D eigenvalue weighted by Gasteiger charge is 2.47. The third kappa shape index (κ3) is 5.53. The Hall–Kier alpha value is -4.10. The lowest BCUT2D eigenvalue weighted by atomic mass is 9.99. The molecule has 0 saturated carbocycles. The van der Waals surface area contributed by atoms with Gasteiger partial charge in [-0.05, 0) is 48.9 Å². The predicted molar refractivity (Wildman–Crippen MR) is 158 cm³/mol. The number of likely N-dealkylation sites (tertiary alicyclic amines) is 1. The summed E-state index contributed by atoms with van der Waals surface area (Å²) in [6.07, 6.45) is 2.66. The van der Waals surface area contributed by atoms with E-state index in [4.69, 9.17) is 4.74 Å². The number of hydrogen-bond acceptors (Lipinski definition) is 8. The second kappa shape index (κ2) is 11.0. The number of pyridine rings is 1.